The van der Waals surface area contributed by atoms with Crippen molar-refractivity contribution in [2.24, 2.45) is 22.7 Å². The van der Waals surface area contributed by atoms with E-state index in [1.54, 1.807) is 6.92 Å². The van der Waals surface area contributed by atoms with E-state index in [-0.39, 0.29) is 28.9 Å². The molecule has 0 radical (unpaired) electrons. The minimum absolute atomic E-state index is 0.108. The van der Waals surface area contributed by atoms with Crippen LogP contribution < -0.4 is 10.2 Å². The lowest BCUT2D eigenvalue weighted by atomic mass is 9.59. The molecular formula is C24H34N2O2. The van der Waals surface area contributed by atoms with Crippen LogP contribution in [0.25, 0.3) is 0 Å². The third-order valence-electron chi connectivity index (χ3n) is 8.55. The zero-order valence-electron chi connectivity index (χ0n) is 17.5. The van der Waals surface area contributed by atoms with E-state index in [9.17, 15) is 4.79 Å². The van der Waals surface area contributed by atoms with Crippen LogP contribution in [0.3, 0.4) is 0 Å². The second kappa shape index (κ2) is 6.48. The Morgan fingerprint density at radius 2 is 1.89 bits per heavy atom. The molecule has 1 spiro atoms. The fraction of sp³-hybridized carbons (Fsp3) is 0.708. The largest absolute Gasteiger partial charge is 0.373 e. The number of hydrogen-bond donors (Lipinski definition) is 1. The highest BCUT2D eigenvalue weighted by atomic mass is 16.5. The number of nitrogens with zero attached hydrogens (tertiary/aromatic N) is 1. The van der Waals surface area contributed by atoms with Crippen molar-refractivity contribution < 1.29 is 9.53 Å². The minimum Gasteiger partial charge on any atom is -0.373 e. The highest BCUT2D eigenvalue weighted by Gasteiger charge is 2.68. The molecule has 1 N–H and O–H groups in total. The monoisotopic (exact) mass is 382 g/mol. The van der Waals surface area contributed by atoms with Crippen molar-refractivity contribution in [1.82, 2.24) is 5.32 Å². The maximum atomic E-state index is 12.0. The van der Waals surface area contributed by atoms with E-state index in [0.29, 0.717) is 11.8 Å². The standard InChI is InChI=1S/C24H34N2O2/c1-16(27)25-22-23(2,3)18-14-20-21(28-13-10-24(20,22)15-18)17-6-8-19(9-7-17)26-11-4-5-12-26/h6-9,18,20-22H,4-5,10-15H2,1-3H3,(H,25,27)/t18-,20-,21-,22-,24-/m1/s1. The summed E-state index contributed by atoms with van der Waals surface area (Å²) in [7, 11) is 0. The van der Waals surface area contributed by atoms with Gasteiger partial charge in [0.15, 0.2) is 0 Å². The van der Waals surface area contributed by atoms with Gasteiger partial charge in [-0.25, -0.2) is 0 Å². The third kappa shape index (κ3) is 2.63. The summed E-state index contributed by atoms with van der Waals surface area (Å²) >= 11 is 0. The fourth-order valence-corrected chi connectivity index (χ4v) is 7.17. The number of anilines is 1. The number of amides is 1. The van der Waals surface area contributed by atoms with E-state index >= 15 is 0 Å². The smallest absolute Gasteiger partial charge is 0.217 e. The summed E-state index contributed by atoms with van der Waals surface area (Å²) in [6.45, 7) is 9.55. The van der Waals surface area contributed by atoms with Crippen LogP contribution in [-0.4, -0.2) is 31.6 Å². The van der Waals surface area contributed by atoms with Gasteiger partial charge in [-0.15, -0.1) is 0 Å². The number of hydrogen-bond acceptors (Lipinski definition) is 3. The van der Waals surface area contributed by atoms with E-state index in [2.05, 4.69) is 48.3 Å². The first-order chi connectivity index (χ1) is 13.4. The van der Waals surface area contributed by atoms with Crippen LogP contribution in [0, 0.1) is 22.7 Å². The first-order valence-corrected chi connectivity index (χ1v) is 11.2. The molecule has 4 nitrogen and oxygen atoms in total. The predicted molar refractivity (Wildman–Crippen MR) is 111 cm³/mol. The van der Waals surface area contributed by atoms with E-state index in [0.717, 1.165) is 13.0 Å². The second-order valence-corrected chi connectivity index (χ2v) is 10.3. The maximum absolute atomic E-state index is 12.0. The first-order valence-electron chi connectivity index (χ1n) is 11.2. The maximum Gasteiger partial charge on any atom is 0.217 e. The SMILES string of the molecule is CC(=O)N[C@@H]1C(C)(C)[C@@H]2C[C@@H]3[C@@H](c4ccc(N5CCCC5)cc4)OCC[C@@]31C2. The molecule has 0 aromatic heterocycles. The Balaban J connectivity index is 1.43. The molecule has 28 heavy (non-hydrogen) atoms. The van der Waals surface area contributed by atoms with E-state index in [1.165, 1.54) is 50.0 Å². The van der Waals surface area contributed by atoms with Gasteiger partial charge in [0.25, 0.3) is 0 Å². The van der Waals surface area contributed by atoms with Gasteiger partial charge >= 0.3 is 0 Å². The van der Waals surface area contributed by atoms with Gasteiger partial charge < -0.3 is 15.0 Å². The Morgan fingerprint density at radius 3 is 2.57 bits per heavy atom. The zero-order valence-corrected chi connectivity index (χ0v) is 17.5. The van der Waals surface area contributed by atoms with Crippen molar-refractivity contribution in [3.63, 3.8) is 0 Å². The molecule has 1 aromatic carbocycles. The van der Waals surface area contributed by atoms with Gasteiger partial charge in [-0.05, 0) is 72.5 Å². The zero-order chi connectivity index (χ0) is 19.5. The van der Waals surface area contributed by atoms with Crippen molar-refractivity contribution in [3.8, 4) is 0 Å². The molecule has 2 aliphatic carbocycles. The van der Waals surface area contributed by atoms with Gasteiger partial charge in [0.05, 0.1) is 6.10 Å². The van der Waals surface area contributed by atoms with Crippen LogP contribution in [0.15, 0.2) is 24.3 Å². The molecule has 2 heterocycles. The highest BCUT2D eigenvalue weighted by molar-refractivity contribution is 5.73. The molecule has 1 aromatic rings. The number of carbonyl (C=O) groups is 1. The summed E-state index contributed by atoms with van der Waals surface area (Å²) in [5.74, 6) is 1.29. The lowest BCUT2D eigenvalue weighted by molar-refractivity contribution is -0.135. The predicted octanol–water partition coefficient (Wildman–Crippen LogP) is 4.31. The molecule has 2 aliphatic heterocycles. The quantitative estimate of drug-likeness (QED) is 0.847. The van der Waals surface area contributed by atoms with Crippen molar-refractivity contribution in [1.29, 1.82) is 0 Å². The summed E-state index contributed by atoms with van der Waals surface area (Å²) in [6, 6.07) is 9.42. The molecule has 5 atom stereocenters. The lowest BCUT2D eigenvalue weighted by Gasteiger charge is -2.53. The second-order valence-electron chi connectivity index (χ2n) is 10.3. The van der Waals surface area contributed by atoms with Crippen LogP contribution in [0.5, 0.6) is 0 Å². The number of ether oxygens (including phenoxy) is 1. The molecule has 4 aliphatic rings. The average molecular weight is 383 g/mol. The van der Waals surface area contributed by atoms with Crippen LogP contribution in [-0.2, 0) is 9.53 Å². The molecule has 4 fully saturated rings. The van der Waals surface area contributed by atoms with Gasteiger partial charge in [0, 0.05) is 38.3 Å². The van der Waals surface area contributed by atoms with Gasteiger partial charge in [-0.1, -0.05) is 26.0 Å². The Hall–Kier alpha value is -1.55. The Kier molecular flexibility index (Phi) is 4.28. The highest BCUT2D eigenvalue weighted by Crippen LogP contribution is 2.70. The summed E-state index contributed by atoms with van der Waals surface area (Å²) in [5, 5.41) is 3.37. The first kappa shape index (κ1) is 18.5. The number of rotatable bonds is 3. The molecule has 2 saturated carbocycles. The molecule has 152 valence electrons. The van der Waals surface area contributed by atoms with Crippen molar-refractivity contribution in [2.75, 3.05) is 24.6 Å². The lowest BCUT2D eigenvalue weighted by Crippen LogP contribution is -2.58. The number of carbonyl (C=O) groups excluding carboxylic acids is 1. The van der Waals surface area contributed by atoms with Crippen LogP contribution in [0.2, 0.25) is 0 Å². The Morgan fingerprint density at radius 1 is 1.18 bits per heavy atom. The van der Waals surface area contributed by atoms with Crippen LogP contribution in [0.4, 0.5) is 5.69 Å². The van der Waals surface area contributed by atoms with Crippen molar-refractivity contribution >= 4 is 11.6 Å². The third-order valence-corrected chi connectivity index (χ3v) is 8.55. The molecule has 2 bridgehead atoms. The van der Waals surface area contributed by atoms with E-state index < -0.39 is 0 Å². The fourth-order valence-electron chi connectivity index (χ4n) is 7.17. The molecule has 2 saturated heterocycles. The van der Waals surface area contributed by atoms with Crippen LogP contribution >= 0.6 is 0 Å². The van der Waals surface area contributed by atoms with Crippen molar-refractivity contribution in [2.45, 2.75) is 65.0 Å². The summed E-state index contributed by atoms with van der Waals surface area (Å²) < 4.78 is 6.39. The summed E-state index contributed by atoms with van der Waals surface area (Å²) in [5.41, 5.74) is 3.02. The number of fused-ring (bicyclic) bond motifs is 1. The number of benzene rings is 1. The molecule has 5 rings (SSSR count). The summed E-state index contributed by atoms with van der Waals surface area (Å²) in [6.07, 6.45) is 6.31. The van der Waals surface area contributed by atoms with Gasteiger partial charge in [-0.2, -0.15) is 0 Å². The van der Waals surface area contributed by atoms with Gasteiger partial charge in [-0.3, -0.25) is 4.79 Å². The Labute approximate surface area is 169 Å². The van der Waals surface area contributed by atoms with E-state index in [4.69, 9.17) is 4.74 Å². The van der Waals surface area contributed by atoms with Gasteiger partial charge in [0.1, 0.15) is 0 Å². The van der Waals surface area contributed by atoms with Crippen molar-refractivity contribution in [3.05, 3.63) is 29.8 Å². The molecular weight excluding hydrogens is 348 g/mol. The van der Waals surface area contributed by atoms with E-state index in [1.807, 2.05) is 0 Å². The Bertz CT molecular complexity index is 752. The van der Waals surface area contributed by atoms with Gasteiger partial charge in [0.2, 0.25) is 5.91 Å². The minimum atomic E-state index is 0.108. The normalized spacial score (nSPS) is 38.5. The van der Waals surface area contributed by atoms with Crippen LogP contribution in [0.1, 0.15) is 64.5 Å². The number of nitrogens with one attached hydrogen (secondary N) is 1. The molecule has 4 heteroatoms. The average Bonchev–Trinajstić information content (AvgIpc) is 3.37. The molecule has 1 amide bonds. The molecule has 0 unspecified atom stereocenters. The summed E-state index contributed by atoms with van der Waals surface area (Å²) in [4.78, 5) is 14.5. The topological polar surface area (TPSA) is 41.6 Å².